The Morgan fingerprint density at radius 2 is 1.22 bits per heavy atom. The second-order valence-electron chi connectivity index (χ2n) is 18.7. The Bertz CT molecular complexity index is 2260. The van der Waals surface area contributed by atoms with Gasteiger partial charge in [-0.1, -0.05) is 32.4 Å². The Kier molecular flexibility index (Phi) is 27.2. The Balaban J connectivity index is 2.22. The van der Waals surface area contributed by atoms with Crippen LogP contribution in [0, 0.1) is 5.92 Å². The maximum absolute atomic E-state index is 14.3. The molecule has 2 rings (SSSR count). The molecule has 1 fully saturated rings. The molecule has 1 saturated heterocycles. The molecule has 10 amide bonds. The number of aliphatic carboxylic acids is 1. The molecule has 1 aromatic carbocycles. The average molecular weight is 1090 g/mol. The van der Waals surface area contributed by atoms with Gasteiger partial charge in [0.2, 0.25) is 59.1 Å². The van der Waals surface area contributed by atoms with E-state index in [0.717, 1.165) is 11.8 Å². The van der Waals surface area contributed by atoms with Crippen LogP contribution in [0.1, 0.15) is 85.1 Å². The normalized spacial score (nSPS) is 17.3. The minimum absolute atomic E-state index is 0.0428. The highest BCUT2D eigenvalue weighted by Gasteiger charge is 2.41. The van der Waals surface area contributed by atoms with E-state index in [-0.39, 0.29) is 56.9 Å². The van der Waals surface area contributed by atoms with Gasteiger partial charge in [0.15, 0.2) is 5.96 Å². The largest absolute Gasteiger partial charge is 0.508 e. The van der Waals surface area contributed by atoms with E-state index in [1.54, 1.807) is 13.8 Å². The summed E-state index contributed by atoms with van der Waals surface area (Å²) in [5.41, 5.74) is 22.1. The summed E-state index contributed by atoms with van der Waals surface area (Å²) in [7, 11) is 0. The number of carbonyl (C=O) groups is 11. The lowest BCUT2D eigenvalue weighted by Gasteiger charge is -2.31. The molecule has 0 aliphatic carbocycles. The van der Waals surface area contributed by atoms with E-state index >= 15 is 0 Å². The third-order valence-corrected chi connectivity index (χ3v) is 12.3. The first-order valence-electron chi connectivity index (χ1n) is 24.9. The minimum atomic E-state index is -1.78. The molecule has 0 unspecified atom stereocenters. The lowest BCUT2D eigenvalue weighted by Crippen LogP contribution is -2.60. The van der Waals surface area contributed by atoms with Crippen LogP contribution >= 0.6 is 0 Å². The van der Waals surface area contributed by atoms with E-state index < -0.39 is 164 Å². The Hall–Kier alpha value is -7.70. The van der Waals surface area contributed by atoms with E-state index in [9.17, 15) is 78.3 Å². The number of aliphatic imine (C=N–C) groups is 1. The number of hydrogen-bond acceptors (Lipinski definition) is 17. The van der Waals surface area contributed by atoms with Crippen molar-refractivity contribution in [3.8, 4) is 5.75 Å². The number of aliphatic hydroxyl groups is 3. The number of amides is 10. The fraction of sp³-hybridized carbons (Fsp3) is 0.617. The summed E-state index contributed by atoms with van der Waals surface area (Å²) < 4.78 is 0. The third kappa shape index (κ3) is 22.2. The maximum atomic E-state index is 14.3. The molecule has 21 N–H and O–H groups in total. The standard InChI is InChI=1S/C47H76N14O16/c1-6-22(2)36(58-33(67)20-54-43(73)37(24(4)63)60-41(71)35(49)23(3)62)42(72)53-21-34(68)59-38(25(5)64)44(74)55-28(15-16-32(48)66)45(75)61-18-8-10-31(61)40(70)57-30(19-26-11-13-27(65)14-12-26)39(69)56-29(46(76)77)9-7-17-52-47(50)51/h11-14,22-25,28-31,35-38,62-65H,6-10,15-21,49H2,1-5H3,(H2,48,66)(H,53,72)(H,54,73)(H,55,74)(H,56,69)(H,57,70)(H,58,67)(H,59,68)(H,60,71)(H,76,77)(H4,50,51,52)/t22-,23+,24+,25+,28-,29-,30-,31-,35-,36-,37-,38-/m0/s1. The molecule has 12 atom stereocenters. The number of benzene rings is 1. The molecule has 30 nitrogen and oxygen atoms in total. The van der Waals surface area contributed by atoms with Crippen LogP contribution in [0.15, 0.2) is 29.3 Å². The first kappa shape index (κ1) is 65.4. The predicted molar refractivity (Wildman–Crippen MR) is 273 cm³/mol. The average Bonchev–Trinajstić information content (AvgIpc) is 3.86. The van der Waals surface area contributed by atoms with Crippen molar-refractivity contribution < 1.29 is 78.3 Å². The van der Waals surface area contributed by atoms with Crippen LogP contribution in [0.25, 0.3) is 0 Å². The molecular weight excluding hydrogens is 1020 g/mol. The number of nitrogens with one attached hydrogen (secondary N) is 8. The van der Waals surface area contributed by atoms with Crippen LogP contribution in [-0.2, 0) is 59.2 Å². The molecule has 1 aliphatic heterocycles. The molecule has 0 spiro atoms. The monoisotopic (exact) mass is 1090 g/mol. The van der Waals surface area contributed by atoms with E-state index in [1.165, 1.54) is 38.1 Å². The number of carboxylic acids is 1. The zero-order valence-electron chi connectivity index (χ0n) is 43.7. The topological polar surface area (TPSA) is 505 Å². The third-order valence-electron chi connectivity index (χ3n) is 12.3. The van der Waals surface area contributed by atoms with Gasteiger partial charge in [0.25, 0.3) is 0 Å². The Labute approximate surface area is 444 Å². The number of carboxylic acid groups (broad SMARTS) is 1. The second kappa shape index (κ2) is 32.0. The summed E-state index contributed by atoms with van der Waals surface area (Å²) in [5, 5.41) is 68.9. The van der Waals surface area contributed by atoms with Crippen molar-refractivity contribution in [3.05, 3.63) is 29.8 Å². The highest BCUT2D eigenvalue weighted by molar-refractivity contribution is 5.98. The number of guanidine groups is 1. The lowest BCUT2D eigenvalue weighted by molar-refractivity contribution is -0.144. The Morgan fingerprint density at radius 3 is 1.74 bits per heavy atom. The number of phenolic OH excluding ortho intramolecular Hbond substituents is 1. The van der Waals surface area contributed by atoms with Gasteiger partial charge < -0.3 is 95.9 Å². The molecule has 430 valence electrons. The van der Waals surface area contributed by atoms with Gasteiger partial charge >= 0.3 is 5.97 Å². The summed E-state index contributed by atoms with van der Waals surface area (Å²) in [6, 6.07) is -6.13. The highest BCUT2D eigenvalue weighted by atomic mass is 16.4. The van der Waals surface area contributed by atoms with Crippen molar-refractivity contribution in [2.45, 2.75) is 153 Å². The van der Waals surface area contributed by atoms with Crippen LogP contribution in [0.2, 0.25) is 0 Å². The van der Waals surface area contributed by atoms with Crippen molar-refractivity contribution in [2.24, 2.45) is 33.8 Å². The minimum Gasteiger partial charge on any atom is -0.508 e. The summed E-state index contributed by atoms with van der Waals surface area (Å²) in [5.74, 6) is -11.6. The zero-order chi connectivity index (χ0) is 58.3. The number of aromatic hydroxyl groups is 1. The number of aliphatic hydroxyl groups excluding tert-OH is 3. The fourth-order valence-electron chi connectivity index (χ4n) is 7.67. The van der Waals surface area contributed by atoms with Crippen LogP contribution in [0.4, 0.5) is 0 Å². The predicted octanol–water partition coefficient (Wildman–Crippen LogP) is -7.01. The number of carbonyl (C=O) groups excluding carboxylic acids is 10. The van der Waals surface area contributed by atoms with Crippen molar-refractivity contribution in [3.63, 3.8) is 0 Å². The molecule has 0 radical (unpaired) electrons. The fourth-order valence-corrected chi connectivity index (χ4v) is 7.67. The van der Waals surface area contributed by atoms with Gasteiger partial charge in [0.05, 0.1) is 31.4 Å². The van der Waals surface area contributed by atoms with E-state index in [0.29, 0.717) is 12.0 Å². The van der Waals surface area contributed by atoms with Gasteiger partial charge in [-0.15, -0.1) is 0 Å². The van der Waals surface area contributed by atoms with Gasteiger partial charge in [-0.25, -0.2) is 4.79 Å². The molecule has 1 aromatic rings. The zero-order valence-corrected chi connectivity index (χ0v) is 43.7. The highest BCUT2D eigenvalue weighted by Crippen LogP contribution is 2.21. The second-order valence-corrected chi connectivity index (χ2v) is 18.7. The van der Waals surface area contributed by atoms with E-state index in [1.807, 2.05) is 0 Å². The van der Waals surface area contributed by atoms with Gasteiger partial charge in [0, 0.05) is 25.9 Å². The van der Waals surface area contributed by atoms with Crippen LogP contribution in [0.3, 0.4) is 0 Å². The van der Waals surface area contributed by atoms with Crippen molar-refractivity contribution in [2.75, 3.05) is 26.2 Å². The smallest absolute Gasteiger partial charge is 0.326 e. The molecule has 1 heterocycles. The number of nitrogens with two attached hydrogens (primary N) is 4. The number of primary amides is 1. The summed E-state index contributed by atoms with van der Waals surface area (Å²) in [6.45, 7) is 5.34. The maximum Gasteiger partial charge on any atom is 0.326 e. The molecular formula is C47H76N14O16. The van der Waals surface area contributed by atoms with Gasteiger partial charge in [-0.2, -0.15) is 0 Å². The molecule has 0 saturated carbocycles. The van der Waals surface area contributed by atoms with Crippen LogP contribution in [0.5, 0.6) is 5.75 Å². The van der Waals surface area contributed by atoms with Gasteiger partial charge in [-0.05, 0) is 76.5 Å². The van der Waals surface area contributed by atoms with Crippen LogP contribution < -0.4 is 65.5 Å². The number of nitrogens with zero attached hydrogens (tertiary/aromatic N) is 2. The lowest BCUT2D eigenvalue weighted by atomic mass is 9.98. The number of hydrogen-bond donors (Lipinski definition) is 17. The Morgan fingerprint density at radius 1 is 0.675 bits per heavy atom. The SMILES string of the molecule is CC[C@H](C)[C@H](NC(=O)CNC(=O)[C@@H](NC(=O)[C@@H](N)[C@@H](C)O)[C@@H](C)O)C(=O)NCC(=O)N[C@H](C(=O)N[C@@H](CCC(N)=O)C(=O)N1CCC[C@H]1C(=O)N[C@@H](Cc1ccc(O)cc1)C(=O)N[C@@H](CCCN=C(N)N)C(=O)O)[C@@H](C)O. The quantitative estimate of drug-likeness (QED) is 0.0181. The number of likely N-dealkylation sites (tertiary alicyclic amines) is 1. The van der Waals surface area contributed by atoms with Crippen molar-refractivity contribution in [1.82, 2.24) is 47.4 Å². The molecule has 1 aliphatic rings. The first-order valence-corrected chi connectivity index (χ1v) is 24.9. The molecule has 30 heteroatoms. The molecule has 0 aromatic heterocycles. The first-order chi connectivity index (χ1) is 36.1. The van der Waals surface area contributed by atoms with Crippen molar-refractivity contribution in [1.29, 1.82) is 0 Å². The number of phenols is 1. The van der Waals surface area contributed by atoms with Gasteiger partial charge in [0.1, 0.15) is 54.1 Å². The summed E-state index contributed by atoms with van der Waals surface area (Å²) in [6.07, 6.45) is -4.70. The molecule has 77 heavy (non-hydrogen) atoms. The number of rotatable bonds is 32. The summed E-state index contributed by atoms with van der Waals surface area (Å²) >= 11 is 0. The van der Waals surface area contributed by atoms with Crippen molar-refractivity contribution >= 4 is 71.0 Å². The van der Waals surface area contributed by atoms with E-state index in [2.05, 4.69) is 47.5 Å². The molecule has 0 bridgehead atoms. The van der Waals surface area contributed by atoms with Gasteiger partial charge in [-0.3, -0.25) is 52.9 Å². The summed E-state index contributed by atoms with van der Waals surface area (Å²) in [4.78, 5) is 149. The van der Waals surface area contributed by atoms with Crippen LogP contribution in [-0.4, -0.2) is 194 Å². The van der Waals surface area contributed by atoms with E-state index in [4.69, 9.17) is 22.9 Å².